The quantitative estimate of drug-likeness (QED) is 0.657. The van der Waals surface area contributed by atoms with Crippen molar-refractivity contribution in [3.63, 3.8) is 0 Å². The lowest BCUT2D eigenvalue weighted by Gasteiger charge is -2.08. The minimum absolute atomic E-state index is 0.0313. The third-order valence-corrected chi connectivity index (χ3v) is 6.14. The van der Waals surface area contributed by atoms with Gasteiger partial charge in [0, 0.05) is 17.6 Å². The highest BCUT2D eigenvalue weighted by molar-refractivity contribution is 7.89. The number of nitrogens with one attached hydrogen (secondary N) is 2. The van der Waals surface area contributed by atoms with Gasteiger partial charge in [-0.3, -0.25) is 4.79 Å². The van der Waals surface area contributed by atoms with Crippen LogP contribution in [-0.4, -0.2) is 25.7 Å². The lowest BCUT2D eigenvalue weighted by molar-refractivity contribution is 0.580. The van der Waals surface area contributed by atoms with Gasteiger partial charge in [-0.05, 0) is 67.0 Å². The second kappa shape index (κ2) is 8.06. The van der Waals surface area contributed by atoms with E-state index in [1.807, 2.05) is 62.4 Å². The van der Waals surface area contributed by atoms with Gasteiger partial charge in [-0.2, -0.15) is 0 Å². The topological polar surface area (TPSA) is 79.0 Å². The minimum atomic E-state index is -3.38. The molecule has 2 aromatic carbocycles. The number of H-pyrrole nitrogens is 1. The van der Waals surface area contributed by atoms with Crippen molar-refractivity contribution in [2.24, 2.45) is 0 Å². The SMILES string of the molecule is Cc1cc2cc(CCNS(=O)(=O)CCc3ccccc3)c(=O)[nH]c2cc1C. The molecular formula is C21H24N2O3S. The van der Waals surface area contributed by atoms with Gasteiger partial charge < -0.3 is 4.98 Å². The van der Waals surface area contributed by atoms with Crippen molar-refractivity contribution >= 4 is 20.9 Å². The van der Waals surface area contributed by atoms with Crippen LogP contribution in [0, 0.1) is 13.8 Å². The van der Waals surface area contributed by atoms with Crippen LogP contribution in [0.5, 0.6) is 0 Å². The van der Waals surface area contributed by atoms with Crippen molar-refractivity contribution < 1.29 is 8.42 Å². The summed E-state index contributed by atoms with van der Waals surface area (Å²) in [6.45, 7) is 4.24. The number of hydrogen-bond acceptors (Lipinski definition) is 3. The third-order valence-electron chi connectivity index (χ3n) is 4.75. The predicted octanol–water partition coefficient (Wildman–Crippen LogP) is 2.85. The normalized spacial score (nSPS) is 11.8. The van der Waals surface area contributed by atoms with Crippen LogP contribution in [0.4, 0.5) is 0 Å². The van der Waals surface area contributed by atoms with E-state index >= 15 is 0 Å². The second-order valence-electron chi connectivity index (χ2n) is 6.85. The molecule has 0 amide bonds. The summed E-state index contributed by atoms with van der Waals surface area (Å²) < 4.78 is 26.9. The monoisotopic (exact) mass is 384 g/mol. The fourth-order valence-corrected chi connectivity index (χ4v) is 4.08. The maximum atomic E-state index is 12.3. The van der Waals surface area contributed by atoms with Gasteiger partial charge in [0.2, 0.25) is 10.0 Å². The van der Waals surface area contributed by atoms with Gasteiger partial charge in [-0.25, -0.2) is 13.1 Å². The third kappa shape index (κ3) is 5.05. The molecule has 0 saturated heterocycles. The molecule has 142 valence electrons. The Hall–Kier alpha value is -2.44. The number of pyridine rings is 1. The molecule has 0 saturated carbocycles. The van der Waals surface area contributed by atoms with Crippen molar-refractivity contribution in [3.8, 4) is 0 Å². The number of sulfonamides is 1. The van der Waals surface area contributed by atoms with E-state index in [9.17, 15) is 13.2 Å². The van der Waals surface area contributed by atoms with Gasteiger partial charge in [0.15, 0.2) is 0 Å². The standard InChI is InChI=1S/C21H24N2O3S/c1-15-12-19-14-18(21(24)23-20(19)13-16(15)2)8-10-22-27(25,26)11-9-17-6-4-3-5-7-17/h3-7,12-14,22H,8-11H2,1-2H3,(H,23,24). The highest BCUT2D eigenvalue weighted by Gasteiger charge is 2.11. The van der Waals surface area contributed by atoms with Crippen LogP contribution >= 0.6 is 0 Å². The largest absolute Gasteiger partial charge is 0.322 e. The smallest absolute Gasteiger partial charge is 0.251 e. The molecule has 1 heterocycles. The minimum Gasteiger partial charge on any atom is -0.322 e. The number of aromatic amines is 1. The number of aryl methyl sites for hydroxylation is 3. The molecule has 0 radical (unpaired) electrons. The highest BCUT2D eigenvalue weighted by atomic mass is 32.2. The van der Waals surface area contributed by atoms with Crippen LogP contribution < -0.4 is 10.3 Å². The molecule has 0 aliphatic carbocycles. The Morgan fingerprint density at radius 2 is 1.67 bits per heavy atom. The van der Waals surface area contributed by atoms with Gasteiger partial charge in [0.1, 0.15) is 0 Å². The first-order valence-electron chi connectivity index (χ1n) is 8.98. The highest BCUT2D eigenvalue weighted by Crippen LogP contribution is 2.17. The molecule has 0 atom stereocenters. The maximum absolute atomic E-state index is 12.3. The van der Waals surface area contributed by atoms with Crippen molar-refractivity contribution in [2.45, 2.75) is 26.7 Å². The van der Waals surface area contributed by atoms with Crippen molar-refractivity contribution in [2.75, 3.05) is 12.3 Å². The summed E-state index contributed by atoms with van der Waals surface area (Å²) >= 11 is 0. The molecule has 0 aliphatic heterocycles. The van der Waals surface area contributed by atoms with Crippen molar-refractivity contribution in [1.29, 1.82) is 0 Å². The van der Waals surface area contributed by atoms with Gasteiger partial charge in [-0.1, -0.05) is 30.3 Å². The predicted molar refractivity (Wildman–Crippen MR) is 110 cm³/mol. The average Bonchev–Trinajstić information content (AvgIpc) is 2.63. The molecule has 27 heavy (non-hydrogen) atoms. The van der Waals surface area contributed by atoms with Gasteiger partial charge in [0.25, 0.3) is 5.56 Å². The maximum Gasteiger partial charge on any atom is 0.251 e. The van der Waals surface area contributed by atoms with E-state index in [4.69, 9.17) is 0 Å². The number of fused-ring (bicyclic) bond motifs is 1. The molecule has 1 aromatic heterocycles. The van der Waals surface area contributed by atoms with Gasteiger partial charge in [0.05, 0.1) is 5.75 Å². The molecule has 3 aromatic rings. The van der Waals surface area contributed by atoms with E-state index in [1.54, 1.807) is 0 Å². The molecule has 0 spiro atoms. The van der Waals surface area contributed by atoms with Crippen LogP contribution in [0.1, 0.15) is 22.3 Å². The zero-order chi connectivity index (χ0) is 19.4. The fraction of sp³-hybridized carbons (Fsp3) is 0.286. The van der Waals surface area contributed by atoms with Gasteiger partial charge >= 0.3 is 0 Å². The zero-order valence-corrected chi connectivity index (χ0v) is 16.4. The Morgan fingerprint density at radius 3 is 2.41 bits per heavy atom. The first-order valence-corrected chi connectivity index (χ1v) is 10.6. The van der Waals surface area contributed by atoms with Crippen LogP contribution in [0.25, 0.3) is 10.9 Å². The molecule has 6 heteroatoms. The van der Waals surface area contributed by atoms with E-state index in [0.717, 1.165) is 27.6 Å². The number of benzene rings is 2. The summed E-state index contributed by atoms with van der Waals surface area (Å²) in [6.07, 6.45) is 0.814. The summed E-state index contributed by atoms with van der Waals surface area (Å²) in [7, 11) is -3.38. The molecule has 0 fully saturated rings. The van der Waals surface area contributed by atoms with Gasteiger partial charge in [-0.15, -0.1) is 0 Å². The van der Waals surface area contributed by atoms with E-state index < -0.39 is 10.0 Å². The Balaban J connectivity index is 1.63. The molecular weight excluding hydrogens is 360 g/mol. The Morgan fingerprint density at radius 1 is 0.963 bits per heavy atom. The molecule has 0 bridgehead atoms. The van der Waals surface area contributed by atoms with Crippen LogP contribution in [0.15, 0.2) is 53.3 Å². The second-order valence-corrected chi connectivity index (χ2v) is 8.77. The van der Waals surface area contributed by atoms with E-state index in [-0.39, 0.29) is 17.9 Å². The van der Waals surface area contributed by atoms with E-state index in [0.29, 0.717) is 18.4 Å². The Labute approximate surface area is 159 Å². The summed E-state index contributed by atoms with van der Waals surface area (Å²) in [6, 6.07) is 15.4. The molecule has 2 N–H and O–H groups in total. The molecule has 3 rings (SSSR count). The summed E-state index contributed by atoms with van der Waals surface area (Å²) in [5.74, 6) is 0.0313. The lowest BCUT2D eigenvalue weighted by atomic mass is 10.0. The summed E-state index contributed by atoms with van der Waals surface area (Å²) in [5.41, 5.74) is 4.47. The first kappa shape index (κ1) is 19.3. The molecule has 0 unspecified atom stereocenters. The zero-order valence-electron chi connectivity index (χ0n) is 15.6. The van der Waals surface area contributed by atoms with Crippen LogP contribution in [0.2, 0.25) is 0 Å². The van der Waals surface area contributed by atoms with Crippen LogP contribution in [0.3, 0.4) is 0 Å². The van der Waals surface area contributed by atoms with Crippen molar-refractivity contribution in [3.05, 3.63) is 81.1 Å². The van der Waals surface area contributed by atoms with Crippen LogP contribution in [-0.2, 0) is 22.9 Å². The van der Waals surface area contributed by atoms with E-state index in [2.05, 4.69) is 9.71 Å². The summed E-state index contributed by atoms with van der Waals surface area (Å²) in [5, 5.41) is 0.958. The first-order chi connectivity index (χ1) is 12.8. The molecule has 0 aliphatic rings. The fourth-order valence-electron chi connectivity index (χ4n) is 3.02. The van der Waals surface area contributed by atoms with Crippen molar-refractivity contribution in [1.82, 2.24) is 9.71 Å². The number of hydrogen-bond donors (Lipinski definition) is 2. The molecule has 5 nitrogen and oxygen atoms in total. The number of aromatic nitrogens is 1. The number of rotatable bonds is 7. The summed E-state index contributed by atoms with van der Waals surface area (Å²) in [4.78, 5) is 15.2. The Kier molecular flexibility index (Phi) is 5.77. The average molecular weight is 385 g/mol. The van der Waals surface area contributed by atoms with E-state index in [1.165, 1.54) is 0 Å². The Bertz CT molecular complexity index is 1100. The lowest BCUT2D eigenvalue weighted by Crippen LogP contribution is -2.30.